The van der Waals surface area contributed by atoms with Gasteiger partial charge in [-0.15, -0.1) is 12.3 Å². The van der Waals surface area contributed by atoms with Crippen LogP contribution in [0, 0.1) is 24.2 Å². The van der Waals surface area contributed by atoms with Crippen LogP contribution < -0.4 is 5.32 Å². The lowest BCUT2D eigenvalue weighted by Gasteiger charge is -2.25. The monoisotopic (exact) mass is 271 g/mol. The van der Waals surface area contributed by atoms with E-state index in [9.17, 15) is 4.79 Å². The second-order valence-corrected chi connectivity index (χ2v) is 5.33. The molecule has 0 saturated heterocycles. The van der Waals surface area contributed by atoms with E-state index in [1.165, 1.54) is 0 Å². The summed E-state index contributed by atoms with van der Waals surface area (Å²) >= 11 is 0. The predicted molar refractivity (Wildman–Crippen MR) is 78.9 cm³/mol. The van der Waals surface area contributed by atoms with Gasteiger partial charge in [0.1, 0.15) is 6.61 Å². The van der Waals surface area contributed by atoms with Crippen molar-refractivity contribution in [1.29, 1.82) is 0 Å². The number of hydrogen-bond acceptors (Lipinski definition) is 2. The zero-order valence-electron chi connectivity index (χ0n) is 11.7. The van der Waals surface area contributed by atoms with Crippen molar-refractivity contribution in [2.45, 2.75) is 32.3 Å². The van der Waals surface area contributed by atoms with Gasteiger partial charge in [0.05, 0.1) is 0 Å². The first-order valence-corrected chi connectivity index (χ1v) is 7.18. The zero-order valence-corrected chi connectivity index (χ0v) is 11.7. The Morgan fingerprint density at radius 3 is 2.60 bits per heavy atom. The third kappa shape index (κ3) is 4.62. The zero-order chi connectivity index (χ0) is 14.2. The Labute approximate surface area is 120 Å². The van der Waals surface area contributed by atoms with Crippen molar-refractivity contribution in [3.8, 4) is 12.3 Å². The summed E-state index contributed by atoms with van der Waals surface area (Å²) in [5.41, 5.74) is 0.997. The number of hydrogen-bond donors (Lipinski definition) is 1. The molecule has 1 amide bonds. The molecule has 20 heavy (non-hydrogen) atoms. The highest BCUT2D eigenvalue weighted by molar-refractivity contribution is 5.67. The van der Waals surface area contributed by atoms with Gasteiger partial charge >= 0.3 is 6.09 Å². The van der Waals surface area contributed by atoms with E-state index in [1.54, 1.807) is 0 Å². The van der Waals surface area contributed by atoms with Gasteiger partial charge in [-0.05, 0) is 37.2 Å². The van der Waals surface area contributed by atoms with Crippen LogP contribution in [0.3, 0.4) is 0 Å². The van der Waals surface area contributed by atoms with E-state index in [4.69, 9.17) is 11.2 Å². The lowest BCUT2D eigenvalue weighted by molar-refractivity contribution is 0.136. The van der Waals surface area contributed by atoms with E-state index >= 15 is 0 Å². The van der Waals surface area contributed by atoms with Crippen molar-refractivity contribution in [2.24, 2.45) is 11.8 Å². The van der Waals surface area contributed by atoms with E-state index in [-0.39, 0.29) is 6.09 Å². The van der Waals surface area contributed by atoms with Crippen LogP contribution in [0.2, 0.25) is 0 Å². The van der Waals surface area contributed by atoms with Gasteiger partial charge in [0.15, 0.2) is 0 Å². The number of rotatable bonds is 4. The molecule has 0 bridgehead atoms. The van der Waals surface area contributed by atoms with Crippen LogP contribution in [-0.2, 0) is 11.3 Å². The van der Waals surface area contributed by atoms with Crippen molar-refractivity contribution in [2.75, 3.05) is 6.54 Å². The molecule has 0 unspecified atom stereocenters. The molecule has 1 aromatic rings. The number of ether oxygens (including phenoxy) is 1. The summed E-state index contributed by atoms with van der Waals surface area (Å²) in [5.74, 6) is 3.77. The minimum Gasteiger partial charge on any atom is -0.445 e. The van der Waals surface area contributed by atoms with Crippen molar-refractivity contribution in [3.05, 3.63) is 35.9 Å². The number of benzene rings is 1. The number of amides is 1. The second kappa shape index (κ2) is 7.59. The Bertz CT molecular complexity index is 456. The van der Waals surface area contributed by atoms with E-state index in [0.717, 1.165) is 31.2 Å². The largest absolute Gasteiger partial charge is 0.445 e. The molecule has 0 spiro atoms. The Morgan fingerprint density at radius 1 is 1.25 bits per heavy atom. The van der Waals surface area contributed by atoms with E-state index in [1.807, 2.05) is 30.3 Å². The maximum atomic E-state index is 11.6. The molecular formula is C17H21NO2. The molecule has 0 aliphatic heterocycles. The fourth-order valence-electron chi connectivity index (χ4n) is 2.54. The van der Waals surface area contributed by atoms with Gasteiger partial charge < -0.3 is 10.1 Å². The first-order valence-electron chi connectivity index (χ1n) is 7.18. The molecule has 1 saturated carbocycles. The minimum atomic E-state index is -0.340. The quantitative estimate of drug-likeness (QED) is 0.853. The van der Waals surface area contributed by atoms with Crippen molar-refractivity contribution < 1.29 is 9.53 Å². The highest BCUT2D eigenvalue weighted by Gasteiger charge is 2.20. The van der Waals surface area contributed by atoms with Crippen LogP contribution >= 0.6 is 0 Å². The fourth-order valence-corrected chi connectivity index (χ4v) is 2.54. The summed E-state index contributed by atoms with van der Waals surface area (Å²) < 4.78 is 5.18. The maximum Gasteiger partial charge on any atom is 0.407 e. The Kier molecular flexibility index (Phi) is 5.49. The van der Waals surface area contributed by atoms with Crippen LogP contribution in [0.4, 0.5) is 4.79 Å². The number of terminal acetylenes is 1. The molecule has 106 valence electrons. The highest BCUT2D eigenvalue weighted by Crippen LogP contribution is 2.27. The molecule has 0 radical (unpaired) electrons. The molecule has 1 fully saturated rings. The maximum absolute atomic E-state index is 11.6. The minimum absolute atomic E-state index is 0.316. The van der Waals surface area contributed by atoms with Gasteiger partial charge in [0, 0.05) is 12.5 Å². The third-order valence-electron chi connectivity index (χ3n) is 3.83. The number of carbonyl (C=O) groups is 1. The second-order valence-electron chi connectivity index (χ2n) is 5.33. The van der Waals surface area contributed by atoms with Crippen LogP contribution in [0.1, 0.15) is 31.2 Å². The molecule has 0 aromatic heterocycles. The Morgan fingerprint density at radius 2 is 1.95 bits per heavy atom. The van der Waals surface area contributed by atoms with Crippen LogP contribution in [0.15, 0.2) is 30.3 Å². The van der Waals surface area contributed by atoms with Gasteiger partial charge in [-0.25, -0.2) is 4.79 Å². The van der Waals surface area contributed by atoms with E-state index < -0.39 is 0 Å². The number of nitrogens with one attached hydrogen (secondary N) is 1. The lowest BCUT2D eigenvalue weighted by Crippen LogP contribution is -2.31. The van der Waals surface area contributed by atoms with Gasteiger partial charge in [0.2, 0.25) is 0 Å². The first-order chi connectivity index (χ1) is 9.78. The third-order valence-corrected chi connectivity index (χ3v) is 3.83. The molecule has 1 aliphatic carbocycles. The smallest absolute Gasteiger partial charge is 0.407 e. The lowest BCUT2D eigenvalue weighted by atomic mass is 9.82. The molecule has 2 rings (SSSR count). The summed E-state index contributed by atoms with van der Waals surface area (Å²) in [6, 6.07) is 9.68. The topological polar surface area (TPSA) is 38.3 Å². The summed E-state index contributed by atoms with van der Waals surface area (Å²) in [5, 5.41) is 2.84. The summed E-state index contributed by atoms with van der Waals surface area (Å²) in [6.07, 6.45) is 9.41. The Hall–Kier alpha value is -1.95. The van der Waals surface area contributed by atoms with Crippen molar-refractivity contribution in [3.63, 3.8) is 0 Å². The van der Waals surface area contributed by atoms with E-state index in [2.05, 4.69) is 11.2 Å². The van der Waals surface area contributed by atoms with Gasteiger partial charge in [0.25, 0.3) is 0 Å². The molecule has 1 aliphatic rings. The van der Waals surface area contributed by atoms with Crippen LogP contribution in [-0.4, -0.2) is 12.6 Å². The summed E-state index contributed by atoms with van der Waals surface area (Å²) in [6.45, 7) is 1.00. The average molecular weight is 271 g/mol. The average Bonchev–Trinajstić information content (AvgIpc) is 2.52. The van der Waals surface area contributed by atoms with Crippen LogP contribution in [0.5, 0.6) is 0 Å². The van der Waals surface area contributed by atoms with Gasteiger partial charge in [-0.3, -0.25) is 0 Å². The predicted octanol–water partition coefficient (Wildman–Crippen LogP) is 3.35. The number of carbonyl (C=O) groups excluding carboxylic acids is 1. The van der Waals surface area contributed by atoms with Crippen molar-refractivity contribution >= 4 is 6.09 Å². The molecule has 3 nitrogen and oxygen atoms in total. The molecule has 1 aromatic carbocycles. The number of alkyl carbamates (subject to hydrolysis) is 1. The standard InChI is InChI=1S/C17H21NO2/c1-2-14-8-10-15(11-9-14)12-18-17(19)20-13-16-6-4-3-5-7-16/h1,3-7,14-15H,8-13H2,(H,18,19). The molecule has 0 heterocycles. The normalized spacial score (nSPS) is 21.8. The fraction of sp³-hybridized carbons (Fsp3) is 0.471. The molecule has 1 N–H and O–H groups in total. The van der Waals surface area contributed by atoms with Crippen LogP contribution in [0.25, 0.3) is 0 Å². The van der Waals surface area contributed by atoms with Gasteiger partial charge in [-0.1, -0.05) is 30.3 Å². The summed E-state index contributed by atoms with van der Waals surface area (Å²) in [7, 11) is 0. The summed E-state index contributed by atoms with van der Waals surface area (Å²) in [4.78, 5) is 11.6. The SMILES string of the molecule is C#CC1CCC(CNC(=O)OCc2ccccc2)CC1. The van der Waals surface area contributed by atoms with Crippen molar-refractivity contribution in [1.82, 2.24) is 5.32 Å². The first kappa shape index (κ1) is 14.5. The molecule has 3 heteroatoms. The van der Waals surface area contributed by atoms with E-state index in [0.29, 0.717) is 25.0 Å². The highest BCUT2D eigenvalue weighted by atomic mass is 16.5. The molecular weight excluding hydrogens is 250 g/mol. The molecule has 0 atom stereocenters. The Balaban J connectivity index is 1.62. The van der Waals surface area contributed by atoms with Gasteiger partial charge in [-0.2, -0.15) is 0 Å².